The molecule has 0 aliphatic carbocycles. The van der Waals surface area contributed by atoms with Crippen molar-refractivity contribution in [1.29, 1.82) is 0 Å². The number of aliphatic carboxylic acids is 1. The number of hydrogen-bond acceptors (Lipinski definition) is 4. The Morgan fingerprint density at radius 3 is 2.56 bits per heavy atom. The molecule has 6 nitrogen and oxygen atoms in total. The van der Waals surface area contributed by atoms with E-state index in [-0.39, 0.29) is 5.91 Å². The molecule has 0 saturated carbocycles. The van der Waals surface area contributed by atoms with Crippen molar-refractivity contribution in [3.63, 3.8) is 0 Å². The van der Waals surface area contributed by atoms with Gasteiger partial charge in [0, 0.05) is 13.1 Å². The predicted octanol–water partition coefficient (Wildman–Crippen LogP) is -0.600. The number of fused-ring (bicyclic) bond motifs is 1. The average Bonchev–Trinajstić information content (AvgIpc) is 2.40. The van der Waals surface area contributed by atoms with Gasteiger partial charge < -0.3 is 10.8 Å². The summed E-state index contributed by atoms with van der Waals surface area (Å²) in [6.07, 6.45) is 2.81. The predicted molar refractivity (Wildman–Crippen MR) is 56.3 cm³/mol. The van der Waals surface area contributed by atoms with Crippen LogP contribution in [0, 0.1) is 0 Å². The average molecular weight is 227 g/mol. The number of hydrogen-bond donors (Lipinski definition) is 2. The largest absolute Gasteiger partial charge is 0.480 e. The van der Waals surface area contributed by atoms with Crippen LogP contribution in [0.15, 0.2) is 0 Å². The van der Waals surface area contributed by atoms with E-state index in [4.69, 9.17) is 10.8 Å². The molecule has 2 saturated heterocycles. The first kappa shape index (κ1) is 11.3. The van der Waals surface area contributed by atoms with E-state index in [1.807, 2.05) is 5.01 Å². The maximum atomic E-state index is 12.0. The quantitative estimate of drug-likeness (QED) is 0.624. The Bertz CT molecular complexity index is 308. The highest BCUT2D eigenvalue weighted by Crippen LogP contribution is 2.23. The Morgan fingerprint density at radius 2 is 1.94 bits per heavy atom. The standard InChI is InChI=1S/C10H17N3O3/c11-7-3-1-5-12-6-2-4-8(10(15)16)13(12)9(7)14/h7-8H,1-6,11H2,(H,15,16)/t7-,8+/m0/s1. The molecule has 0 aromatic heterocycles. The fraction of sp³-hybridized carbons (Fsp3) is 0.800. The molecule has 2 atom stereocenters. The van der Waals surface area contributed by atoms with E-state index in [0.717, 1.165) is 25.9 Å². The number of amides is 1. The van der Waals surface area contributed by atoms with Crippen molar-refractivity contribution >= 4 is 11.9 Å². The Labute approximate surface area is 94.0 Å². The first-order valence-corrected chi connectivity index (χ1v) is 5.67. The van der Waals surface area contributed by atoms with Gasteiger partial charge in [0.25, 0.3) is 5.91 Å². The first-order chi connectivity index (χ1) is 7.61. The second kappa shape index (κ2) is 4.39. The minimum absolute atomic E-state index is 0.246. The molecule has 0 unspecified atom stereocenters. The zero-order chi connectivity index (χ0) is 11.7. The van der Waals surface area contributed by atoms with Crippen LogP contribution >= 0.6 is 0 Å². The highest BCUT2D eigenvalue weighted by atomic mass is 16.4. The molecule has 0 radical (unpaired) electrons. The smallest absolute Gasteiger partial charge is 0.328 e. The molecule has 2 rings (SSSR count). The maximum absolute atomic E-state index is 12.0. The second-order valence-corrected chi connectivity index (χ2v) is 4.38. The van der Waals surface area contributed by atoms with Gasteiger partial charge in [-0.1, -0.05) is 0 Å². The van der Waals surface area contributed by atoms with Crippen LogP contribution in [-0.2, 0) is 9.59 Å². The van der Waals surface area contributed by atoms with Crippen LogP contribution in [0.2, 0.25) is 0 Å². The fourth-order valence-electron chi connectivity index (χ4n) is 2.42. The summed E-state index contributed by atoms with van der Waals surface area (Å²) < 4.78 is 0. The van der Waals surface area contributed by atoms with Gasteiger partial charge in [0.05, 0.1) is 6.04 Å². The van der Waals surface area contributed by atoms with Crippen LogP contribution in [0.25, 0.3) is 0 Å². The van der Waals surface area contributed by atoms with E-state index in [0.29, 0.717) is 12.8 Å². The molecule has 0 aromatic rings. The Hall–Kier alpha value is -1.14. The topological polar surface area (TPSA) is 86.9 Å². The van der Waals surface area contributed by atoms with Gasteiger partial charge in [-0.2, -0.15) is 0 Å². The summed E-state index contributed by atoms with van der Waals surface area (Å²) in [5, 5.41) is 12.3. The summed E-state index contributed by atoms with van der Waals surface area (Å²) >= 11 is 0. The first-order valence-electron chi connectivity index (χ1n) is 5.67. The third-order valence-corrected chi connectivity index (χ3v) is 3.25. The zero-order valence-electron chi connectivity index (χ0n) is 9.13. The molecule has 0 bridgehead atoms. The van der Waals surface area contributed by atoms with Crippen molar-refractivity contribution in [1.82, 2.24) is 10.0 Å². The van der Waals surface area contributed by atoms with Crippen LogP contribution in [0.3, 0.4) is 0 Å². The molecule has 0 spiro atoms. The van der Waals surface area contributed by atoms with Gasteiger partial charge in [0.2, 0.25) is 0 Å². The number of carbonyl (C=O) groups excluding carboxylic acids is 1. The van der Waals surface area contributed by atoms with Gasteiger partial charge in [-0.15, -0.1) is 0 Å². The van der Waals surface area contributed by atoms with Crippen molar-refractivity contribution in [2.24, 2.45) is 5.73 Å². The van der Waals surface area contributed by atoms with E-state index < -0.39 is 18.1 Å². The van der Waals surface area contributed by atoms with E-state index >= 15 is 0 Å². The van der Waals surface area contributed by atoms with Crippen molar-refractivity contribution in [2.75, 3.05) is 13.1 Å². The Kier molecular flexibility index (Phi) is 3.11. The molecule has 2 aliphatic heterocycles. The lowest BCUT2D eigenvalue weighted by atomic mass is 10.1. The highest BCUT2D eigenvalue weighted by Gasteiger charge is 2.40. The van der Waals surface area contributed by atoms with Crippen molar-refractivity contribution in [2.45, 2.75) is 37.8 Å². The van der Waals surface area contributed by atoms with Gasteiger partial charge in [0.1, 0.15) is 6.04 Å². The molecular weight excluding hydrogens is 210 g/mol. The SMILES string of the molecule is N[C@H]1CCCN2CCC[C@H](C(=O)O)N2C1=O. The molecule has 1 amide bonds. The molecule has 2 aliphatic rings. The highest BCUT2D eigenvalue weighted by molar-refractivity contribution is 5.86. The lowest BCUT2D eigenvalue weighted by Gasteiger charge is -2.41. The van der Waals surface area contributed by atoms with E-state index in [9.17, 15) is 9.59 Å². The van der Waals surface area contributed by atoms with E-state index in [1.54, 1.807) is 0 Å². The van der Waals surface area contributed by atoms with Crippen LogP contribution in [-0.4, -0.2) is 52.2 Å². The summed E-state index contributed by atoms with van der Waals surface area (Å²) in [5.41, 5.74) is 5.74. The van der Waals surface area contributed by atoms with Gasteiger partial charge in [-0.05, 0) is 25.7 Å². The summed E-state index contributed by atoms with van der Waals surface area (Å²) in [6, 6.07) is -1.28. The normalized spacial score (nSPS) is 32.1. The third kappa shape index (κ3) is 1.90. The maximum Gasteiger partial charge on any atom is 0.328 e. The van der Waals surface area contributed by atoms with E-state index in [2.05, 4.69) is 0 Å². The second-order valence-electron chi connectivity index (χ2n) is 4.38. The molecule has 2 heterocycles. The monoisotopic (exact) mass is 227 g/mol. The van der Waals surface area contributed by atoms with Gasteiger partial charge in [-0.3, -0.25) is 9.80 Å². The minimum atomic E-state index is -0.938. The van der Waals surface area contributed by atoms with Crippen LogP contribution < -0.4 is 5.73 Å². The van der Waals surface area contributed by atoms with Crippen molar-refractivity contribution in [3.05, 3.63) is 0 Å². The number of nitrogens with zero attached hydrogens (tertiary/aromatic N) is 2. The number of rotatable bonds is 1. The fourth-order valence-corrected chi connectivity index (χ4v) is 2.42. The molecule has 16 heavy (non-hydrogen) atoms. The minimum Gasteiger partial charge on any atom is -0.480 e. The molecule has 3 N–H and O–H groups in total. The summed E-state index contributed by atoms with van der Waals surface area (Å²) in [7, 11) is 0. The molecule has 0 aromatic carbocycles. The Balaban J connectivity index is 2.25. The lowest BCUT2D eigenvalue weighted by Crippen LogP contribution is -2.60. The van der Waals surface area contributed by atoms with Gasteiger partial charge in [0.15, 0.2) is 0 Å². The molecule has 2 fully saturated rings. The molecular formula is C10H17N3O3. The summed E-state index contributed by atoms with van der Waals surface area (Å²) in [4.78, 5) is 23.1. The van der Waals surface area contributed by atoms with Crippen LogP contribution in [0.4, 0.5) is 0 Å². The number of carboxylic acid groups (broad SMARTS) is 1. The third-order valence-electron chi connectivity index (χ3n) is 3.25. The molecule has 90 valence electrons. The number of nitrogens with two attached hydrogens (primary N) is 1. The van der Waals surface area contributed by atoms with Crippen molar-refractivity contribution in [3.8, 4) is 0 Å². The lowest BCUT2D eigenvalue weighted by molar-refractivity contribution is -0.173. The number of hydrazine groups is 1. The zero-order valence-corrected chi connectivity index (χ0v) is 9.13. The van der Waals surface area contributed by atoms with Crippen LogP contribution in [0.1, 0.15) is 25.7 Å². The van der Waals surface area contributed by atoms with Gasteiger partial charge in [-0.25, -0.2) is 9.80 Å². The Morgan fingerprint density at radius 1 is 1.31 bits per heavy atom. The summed E-state index contributed by atoms with van der Waals surface area (Å²) in [5.74, 6) is -1.18. The molecule has 6 heteroatoms. The number of carboxylic acids is 1. The van der Waals surface area contributed by atoms with Gasteiger partial charge >= 0.3 is 5.97 Å². The van der Waals surface area contributed by atoms with Crippen molar-refractivity contribution < 1.29 is 14.7 Å². The van der Waals surface area contributed by atoms with Crippen LogP contribution in [0.5, 0.6) is 0 Å². The van der Waals surface area contributed by atoms with E-state index in [1.165, 1.54) is 5.01 Å². The summed E-state index contributed by atoms with van der Waals surface area (Å²) in [6.45, 7) is 1.48. The number of carbonyl (C=O) groups is 2.